The van der Waals surface area contributed by atoms with Gasteiger partial charge in [-0.1, -0.05) is 0 Å². The van der Waals surface area contributed by atoms with Gasteiger partial charge in [0.05, 0.1) is 5.69 Å². The summed E-state index contributed by atoms with van der Waals surface area (Å²) in [4.78, 5) is 14.8. The maximum absolute atomic E-state index is 12.0. The van der Waals surface area contributed by atoms with Gasteiger partial charge in [-0.15, -0.1) is 11.3 Å². The summed E-state index contributed by atoms with van der Waals surface area (Å²) in [5, 5.41) is 13.7. The van der Waals surface area contributed by atoms with Crippen molar-refractivity contribution < 1.29 is 23.4 Å². The maximum Gasteiger partial charge on any atom is 0.387 e. The first-order valence-corrected chi connectivity index (χ1v) is 6.59. The van der Waals surface area contributed by atoms with Crippen LogP contribution in [0.3, 0.4) is 0 Å². The van der Waals surface area contributed by atoms with E-state index in [0.29, 0.717) is 10.8 Å². The van der Waals surface area contributed by atoms with Crippen LogP contribution >= 0.6 is 11.3 Å². The number of nitrogens with zero attached hydrogens (tertiary/aromatic N) is 1. The number of aromatic nitrogens is 1. The molecule has 4 N–H and O–H groups in total. The van der Waals surface area contributed by atoms with E-state index >= 15 is 0 Å². The van der Waals surface area contributed by atoms with Gasteiger partial charge in [-0.3, -0.25) is 4.79 Å². The molecule has 0 saturated carbocycles. The van der Waals surface area contributed by atoms with Crippen LogP contribution in [0.25, 0.3) is 0 Å². The van der Waals surface area contributed by atoms with Crippen molar-refractivity contribution in [2.24, 2.45) is 5.73 Å². The van der Waals surface area contributed by atoms with E-state index in [4.69, 9.17) is 10.8 Å². The molecule has 2 rings (SSSR count). The molecule has 1 unspecified atom stereocenters. The number of thiazole rings is 1. The highest BCUT2D eigenvalue weighted by Crippen LogP contribution is 2.25. The number of aliphatic carboxylic acids is 1. The van der Waals surface area contributed by atoms with Crippen LogP contribution < -0.4 is 15.8 Å². The predicted octanol–water partition coefficient (Wildman–Crippen LogP) is 2.57. The molecule has 0 bridgehead atoms. The molecule has 0 amide bonds. The van der Waals surface area contributed by atoms with Gasteiger partial charge >= 0.3 is 12.6 Å². The lowest BCUT2D eigenvalue weighted by molar-refractivity contribution is -0.138. The molecule has 1 aromatic carbocycles. The number of carboxylic acid groups (broad SMARTS) is 1. The molecule has 0 aliphatic rings. The largest absolute Gasteiger partial charge is 0.480 e. The van der Waals surface area contributed by atoms with Crippen molar-refractivity contribution in [2.45, 2.75) is 12.7 Å². The first-order valence-electron chi connectivity index (χ1n) is 5.71. The van der Waals surface area contributed by atoms with Crippen molar-refractivity contribution in [1.29, 1.82) is 0 Å². The number of benzene rings is 1. The van der Waals surface area contributed by atoms with E-state index in [0.717, 1.165) is 0 Å². The molecule has 0 aliphatic heterocycles. The summed E-state index contributed by atoms with van der Waals surface area (Å²) >= 11 is 1.19. The quantitative estimate of drug-likeness (QED) is 0.758. The number of hydrogen-bond donors (Lipinski definition) is 3. The highest BCUT2D eigenvalue weighted by molar-refractivity contribution is 7.13. The molecule has 112 valence electrons. The third-order valence-corrected chi connectivity index (χ3v) is 3.21. The predicted molar refractivity (Wildman–Crippen MR) is 73.0 cm³/mol. The van der Waals surface area contributed by atoms with Crippen LogP contribution in [-0.2, 0) is 4.79 Å². The lowest BCUT2D eigenvalue weighted by Crippen LogP contribution is -2.20. The molecule has 0 fully saturated rings. The topological polar surface area (TPSA) is 97.5 Å². The standard InChI is InChI=1S/C12H11F2N3O3S/c13-11(14)20-7-3-1-6(2-4-7)16-12-17-8(5-21-12)9(15)10(18)19/h1-5,9,11H,15H2,(H,16,17)(H,18,19). The molecule has 2 aromatic rings. The summed E-state index contributed by atoms with van der Waals surface area (Å²) in [7, 11) is 0. The molecule has 1 aromatic heterocycles. The molecule has 1 heterocycles. The number of rotatable bonds is 6. The normalized spacial score (nSPS) is 12.2. The number of halogens is 2. The number of carbonyl (C=O) groups is 1. The Hall–Kier alpha value is -2.26. The Morgan fingerprint density at radius 3 is 2.62 bits per heavy atom. The lowest BCUT2D eigenvalue weighted by Gasteiger charge is -2.06. The van der Waals surface area contributed by atoms with Gasteiger partial charge in [0.2, 0.25) is 0 Å². The minimum Gasteiger partial charge on any atom is -0.480 e. The zero-order valence-corrected chi connectivity index (χ0v) is 11.3. The fraction of sp³-hybridized carbons (Fsp3) is 0.167. The zero-order chi connectivity index (χ0) is 15.4. The highest BCUT2D eigenvalue weighted by Gasteiger charge is 2.17. The summed E-state index contributed by atoms with van der Waals surface area (Å²) in [6.07, 6.45) is 0. The summed E-state index contributed by atoms with van der Waals surface area (Å²) in [5.41, 5.74) is 6.28. The van der Waals surface area contributed by atoms with Gasteiger partial charge in [-0.05, 0) is 24.3 Å². The van der Waals surface area contributed by atoms with Gasteiger partial charge < -0.3 is 20.9 Å². The van der Waals surface area contributed by atoms with Gasteiger partial charge in [0, 0.05) is 11.1 Å². The molecule has 0 aliphatic carbocycles. The molecule has 1 atom stereocenters. The SMILES string of the molecule is NC(C(=O)O)c1csc(Nc2ccc(OC(F)F)cc2)n1. The van der Waals surface area contributed by atoms with E-state index in [9.17, 15) is 13.6 Å². The monoisotopic (exact) mass is 315 g/mol. The fourth-order valence-electron chi connectivity index (χ4n) is 1.46. The Balaban J connectivity index is 2.03. The van der Waals surface area contributed by atoms with E-state index in [1.807, 2.05) is 0 Å². The highest BCUT2D eigenvalue weighted by atomic mass is 32.1. The van der Waals surface area contributed by atoms with Crippen LogP contribution in [0.2, 0.25) is 0 Å². The van der Waals surface area contributed by atoms with Crippen LogP contribution in [0.1, 0.15) is 11.7 Å². The number of ether oxygens (including phenoxy) is 1. The van der Waals surface area contributed by atoms with Crippen LogP contribution in [0, 0.1) is 0 Å². The molecular formula is C12H11F2N3O3S. The smallest absolute Gasteiger partial charge is 0.387 e. The average Bonchev–Trinajstić information content (AvgIpc) is 2.88. The molecule has 0 saturated heterocycles. The van der Waals surface area contributed by atoms with Crippen LogP contribution in [0.5, 0.6) is 5.75 Å². The molecule has 21 heavy (non-hydrogen) atoms. The van der Waals surface area contributed by atoms with Crippen molar-refractivity contribution >= 4 is 28.1 Å². The van der Waals surface area contributed by atoms with Gasteiger partial charge in [-0.2, -0.15) is 8.78 Å². The Morgan fingerprint density at radius 2 is 2.05 bits per heavy atom. The summed E-state index contributed by atoms with van der Waals surface area (Å²) in [5.74, 6) is -1.12. The number of nitrogens with two attached hydrogens (primary N) is 1. The molecule has 6 nitrogen and oxygen atoms in total. The Bertz CT molecular complexity index is 618. The summed E-state index contributed by atoms with van der Waals surface area (Å²) in [6, 6.07) is 4.66. The van der Waals surface area contributed by atoms with Crippen LogP contribution in [0.4, 0.5) is 19.6 Å². The van der Waals surface area contributed by atoms with Crippen LogP contribution in [-0.4, -0.2) is 22.7 Å². The minimum absolute atomic E-state index is 0.0447. The lowest BCUT2D eigenvalue weighted by atomic mass is 10.2. The second-order valence-corrected chi connectivity index (χ2v) is 4.78. The van der Waals surface area contributed by atoms with Gasteiger partial charge in [0.15, 0.2) is 5.13 Å². The minimum atomic E-state index is -2.87. The van der Waals surface area contributed by atoms with E-state index in [-0.39, 0.29) is 11.4 Å². The summed E-state index contributed by atoms with van der Waals surface area (Å²) < 4.78 is 28.2. The molecule has 0 spiro atoms. The van der Waals surface area contributed by atoms with Crippen molar-refractivity contribution in [3.63, 3.8) is 0 Å². The number of anilines is 2. The average molecular weight is 315 g/mol. The van der Waals surface area contributed by atoms with Crippen LogP contribution in [0.15, 0.2) is 29.6 Å². The van der Waals surface area contributed by atoms with Gasteiger partial charge in [-0.25, -0.2) is 4.98 Å². The van der Waals surface area contributed by atoms with E-state index in [1.54, 1.807) is 0 Å². The molecule has 9 heteroatoms. The van der Waals surface area contributed by atoms with Crippen molar-refractivity contribution in [2.75, 3.05) is 5.32 Å². The maximum atomic E-state index is 12.0. The number of carboxylic acids is 1. The third kappa shape index (κ3) is 4.10. The van der Waals surface area contributed by atoms with Gasteiger partial charge in [0.25, 0.3) is 0 Å². The van der Waals surface area contributed by atoms with Crippen molar-refractivity contribution in [3.8, 4) is 5.75 Å². The van der Waals surface area contributed by atoms with Crippen molar-refractivity contribution in [3.05, 3.63) is 35.3 Å². The second kappa shape index (κ2) is 6.46. The fourth-order valence-corrected chi connectivity index (χ4v) is 2.22. The number of alkyl halides is 2. The van der Waals surface area contributed by atoms with E-state index in [1.165, 1.54) is 41.0 Å². The van der Waals surface area contributed by atoms with E-state index in [2.05, 4.69) is 15.0 Å². The second-order valence-electron chi connectivity index (χ2n) is 3.92. The first-order chi connectivity index (χ1) is 9.95. The number of hydrogen-bond acceptors (Lipinski definition) is 6. The van der Waals surface area contributed by atoms with Crippen molar-refractivity contribution in [1.82, 2.24) is 4.98 Å². The molecule has 0 radical (unpaired) electrons. The molecular weight excluding hydrogens is 304 g/mol. The van der Waals surface area contributed by atoms with Gasteiger partial charge in [0.1, 0.15) is 11.8 Å². The Kier molecular flexibility index (Phi) is 4.66. The summed E-state index contributed by atoms with van der Waals surface area (Å²) in [6.45, 7) is -2.87. The zero-order valence-electron chi connectivity index (χ0n) is 10.5. The first kappa shape index (κ1) is 15.1. The Morgan fingerprint density at radius 1 is 1.38 bits per heavy atom. The third-order valence-electron chi connectivity index (χ3n) is 2.44. The number of nitrogens with one attached hydrogen (secondary N) is 1. The van der Waals surface area contributed by atoms with E-state index < -0.39 is 18.6 Å². The Labute approximate surface area is 122 Å².